The summed E-state index contributed by atoms with van der Waals surface area (Å²) >= 11 is 0. The second kappa shape index (κ2) is 7.24. The molecule has 0 aromatic heterocycles. The van der Waals surface area contributed by atoms with E-state index in [0.29, 0.717) is 0 Å². The average molecular weight is 271 g/mol. The van der Waals surface area contributed by atoms with Gasteiger partial charge in [0.1, 0.15) is 11.9 Å². The van der Waals surface area contributed by atoms with Crippen molar-refractivity contribution in [3.05, 3.63) is 47.8 Å². The Balaban J connectivity index is 1.80. The lowest BCUT2D eigenvalue weighted by Crippen LogP contribution is -2.14. The Kier molecular flexibility index (Phi) is 5.35. The number of hydrogen-bond acceptors (Lipinski definition) is 1. The third-order valence-corrected chi connectivity index (χ3v) is 4.46. The monoisotopic (exact) mass is 271 g/mol. The van der Waals surface area contributed by atoms with Crippen LogP contribution >= 0.6 is 0 Å². The molecule has 0 unspecified atom stereocenters. The van der Waals surface area contributed by atoms with Crippen molar-refractivity contribution < 1.29 is 4.39 Å². The number of halogens is 1. The Bertz CT molecular complexity index is 493. The molecule has 0 atom stereocenters. The Labute approximate surface area is 121 Å². The van der Waals surface area contributed by atoms with Gasteiger partial charge in [-0.3, -0.25) is 0 Å². The largest absolute Gasteiger partial charge is 0.206 e. The van der Waals surface area contributed by atoms with Crippen molar-refractivity contribution in [3.63, 3.8) is 0 Å². The minimum atomic E-state index is -0.389. The molecule has 1 nitrogen and oxygen atoms in total. The molecule has 0 N–H and O–H groups in total. The Hall–Kier alpha value is -1.62. The average Bonchev–Trinajstić information content (AvgIpc) is 2.47. The molecule has 1 aliphatic rings. The van der Waals surface area contributed by atoms with Crippen molar-refractivity contribution in [3.8, 4) is 6.07 Å². The number of hydrogen-bond donors (Lipinski definition) is 0. The highest BCUT2D eigenvalue weighted by atomic mass is 19.1. The summed E-state index contributed by atoms with van der Waals surface area (Å²) in [6, 6.07) is 6.85. The molecule has 1 saturated carbocycles. The third-order valence-electron chi connectivity index (χ3n) is 4.46. The molecule has 2 rings (SSSR count). The molecule has 0 spiro atoms. The summed E-state index contributed by atoms with van der Waals surface area (Å²) in [6.45, 7) is 3.81. The van der Waals surface area contributed by atoms with Crippen LogP contribution in [0.3, 0.4) is 0 Å². The number of allylic oxidation sites excluding steroid dienone is 1. The van der Waals surface area contributed by atoms with Gasteiger partial charge in [-0.2, -0.15) is 5.26 Å². The lowest BCUT2D eigenvalue weighted by Gasteiger charge is -2.27. The molecule has 0 amide bonds. The molecule has 1 aliphatic carbocycles. The van der Waals surface area contributed by atoms with Gasteiger partial charge in [-0.25, -0.2) is 4.39 Å². The maximum Gasteiger partial charge on any atom is 0.141 e. The highest BCUT2D eigenvalue weighted by molar-refractivity contribution is 5.33. The van der Waals surface area contributed by atoms with Crippen molar-refractivity contribution in [2.75, 3.05) is 0 Å². The topological polar surface area (TPSA) is 23.8 Å². The van der Waals surface area contributed by atoms with Crippen LogP contribution in [0.1, 0.15) is 49.7 Å². The van der Waals surface area contributed by atoms with Crippen LogP contribution in [0.5, 0.6) is 0 Å². The van der Waals surface area contributed by atoms with E-state index in [-0.39, 0.29) is 11.4 Å². The van der Waals surface area contributed by atoms with E-state index in [9.17, 15) is 4.39 Å². The molecule has 0 heterocycles. The Morgan fingerprint density at radius 3 is 2.55 bits per heavy atom. The second-order valence-corrected chi connectivity index (χ2v) is 5.88. The minimum Gasteiger partial charge on any atom is -0.206 e. The van der Waals surface area contributed by atoms with Gasteiger partial charge in [-0.05, 0) is 61.6 Å². The van der Waals surface area contributed by atoms with Gasteiger partial charge in [0.15, 0.2) is 0 Å². The maximum absolute atomic E-state index is 13.5. The molecule has 0 radical (unpaired) electrons. The molecule has 1 fully saturated rings. The van der Waals surface area contributed by atoms with Gasteiger partial charge in [0.2, 0.25) is 0 Å². The van der Waals surface area contributed by atoms with E-state index in [2.05, 4.69) is 6.58 Å². The number of benzene rings is 1. The van der Waals surface area contributed by atoms with Gasteiger partial charge in [-0.1, -0.05) is 25.0 Å². The first-order valence-corrected chi connectivity index (χ1v) is 7.52. The third kappa shape index (κ3) is 3.93. The Morgan fingerprint density at radius 2 is 1.95 bits per heavy atom. The summed E-state index contributed by atoms with van der Waals surface area (Å²) in [5, 5.41) is 8.71. The molecule has 0 bridgehead atoms. The molecule has 2 heteroatoms. The first-order chi connectivity index (χ1) is 9.72. The van der Waals surface area contributed by atoms with E-state index in [4.69, 9.17) is 5.26 Å². The fraction of sp³-hybridized carbons (Fsp3) is 0.500. The molecule has 20 heavy (non-hydrogen) atoms. The van der Waals surface area contributed by atoms with Gasteiger partial charge in [-0.15, -0.1) is 6.58 Å². The number of rotatable bonds is 5. The van der Waals surface area contributed by atoms with Crippen LogP contribution < -0.4 is 0 Å². The summed E-state index contributed by atoms with van der Waals surface area (Å²) in [5.74, 6) is 1.21. The van der Waals surface area contributed by atoms with Crippen molar-refractivity contribution >= 4 is 0 Å². The van der Waals surface area contributed by atoms with Crippen LogP contribution in [0.15, 0.2) is 30.9 Å². The fourth-order valence-electron chi connectivity index (χ4n) is 3.17. The van der Waals surface area contributed by atoms with Crippen LogP contribution in [0, 0.1) is 29.0 Å². The maximum atomic E-state index is 13.5. The van der Waals surface area contributed by atoms with Crippen molar-refractivity contribution in [1.29, 1.82) is 5.26 Å². The lowest BCUT2D eigenvalue weighted by atomic mass is 9.78. The molecule has 106 valence electrons. The van der Waals surface area contributed by atoms with E-state index < -0.39 is 0 Å². The molecule has 0 aliphatic heterocycles. The van der Waals surface area contributed by atoms with Crippen LogP contribution in [0.4, 0.5) is 4.39 Å². The number of nitrogens with zero attached hydrogens (tertiary/aromatic N) is 1. The second-order valence-electron chi connectivity index (χ2n) is 5.88. The van der Waals surface area contributed by atoms with Gasteiger partial charge in [0.25, 0.3) is 0 Å². The predicted molar refractivity (Wildman–Crippen MR) is 79.7 cm³/mol. The summed E-state index contributed by atoms with van der Waals surface area (Å²) in [4.78, 5) is 0. The number of nitriles is 1. The summed E-state index contributed by atoms with van der Waals surface area (Å²) in [5.41, 5.74) is 1.15. The van der Waals surface area contributed by atoms with Gasteiger partial charge >= 0.3 is 0 Å². The first kappa shape index (κ1) is 14.8. The zero-order valence-corrected chi connectivity index (χ0v) is 11.9. The first-order valence-electron chi connectivity index (χ1n) is 7.52. The van der Waals surface area contributed by atoms with E-state index in [1.165, 1.54) is 31.7 Å². The predicted octanol–water partition coefficient (Wildman–Crippen LogP) is 5.01. The smallest absolute Gasteiger partial charge is 0.141 e. The van der Waals surface area contributed by atoms with E-state index in [1.807, 2.05) is 18.2 Å². The minimum absolute atomic E-state index is 0.138. The molecular weight excluding hydrogens is 249 g/mol. The highest BCUT2D eigenvalue weighted by Gasteiger charge is 2.20. The fourth-order valence-corrected chi connectivity index (χ4v) is 3.17. The van der Waals surface area contributed by atoms with E-state index in [1.54, 1.807) is 6.07 Å². The van der Waals surface area contributed by atoms with E-state index in [0.717, 1.165) is 36.7 Å². The van der Waals surface area contributed by atoms with Crippen LogP contribution in [0.2, 0.25) is 0 Å². The van der Waals surface area contributed by atoms with Crippen molar-refractivity contribution in [2.45, 2.75) is 44.9 Å². The Morgan fingerprint density at radius 1 is 1.25 bits per heavy atom. The SMILES string of the molecule is C=CCC1CCC(CCc2ccc(C#N)c(F)c2)CC1. The van der Waals surface area contributed by atoms with Crippen molar-refractivity contribution in [1.82, 2.24) is 0 Å². The van der Waals surface area contributed by atoms with E-state index >= 15 is 0 Å². The normalized spacial score (nSPS) is 22.2. The zero-order valence-electron chi connectivity index (χ0n) is 11.9. The van der Waals surface area contributed by atoms with Crippen LogP contribution in [-0.2, 0) is 6.42 Å². The molecule has 1 aromatic carbocycles. The standard InChI is InChI=1S/C18H22FN/c1-2-3-14-4-6-15(7-5-14)8-9-16-10-11-17(13-20)18(19)12-16/h2,10-12,14-15H,1,3-9H2. The summed E-state index contributed by atoms with van der Waals surface area (Å²) < 4.78 is 13.5. The van der Waals surface area contributed by atoms with Crippen molar-refractivity contribution in [2.24, 2.45) is 11.8 Å². The summed E-state index contributed by atoms with van der Waals surface area (Å²) in [7, 11) is 0. The number of aryl methyl sites for hydroxylation is 1. The lowest BCUT2D eigenvalue weighted by molar-refractivity contribution is 0.265. The highest BCUT2D eigenvalue weighted by Crippen LogP contribution is 2.33. The van der Waals surface area contributed by atoms with Gasteiger partial charge in [0, 0.05) is 0 Å². The summed E-state index contributed by atoms with van der Waals surface area (Å²) in [6.07, 6.45) is 10.4. The van der Waals surface area contributed by atoms with Gasteiger partial charge in [0.05, 0.1) is 5.56 Å². The van der Waals surface area contributed by atoms with Gasteiger partial charge < -0.3 is 0 Å². The van der Waals surface area contributed by atoms with Crippen LogP contribution in [0.25, 0.3) is 0 Å². The quantitative estimate of drug-likeness (QED) is 0.690. The molecular formula is C18H22FN. The molecule has 1 aromatic rings. The van der Waals surface area contributed by atoms with Crippen LogP contribution in [-0.4, -0.2) is 0 Å². The molecule has 0 saturated heterocycles. The zero-order chi connectivity index (χ0) is 14.4.